The average molecular weight is 329 g/mol. The third-order valence-electron chi connectivity index (χ3n) is 4.42. The number of aromatic nitrogens is 3. The number of hydrogen-bond donors (Lipinski definition) is 1. The van der Waals surface area contributed by atoms with Crippen LogP contribution in [0.1, 0.15) is 23.0 Å². The van der Waals surface area contributed by atoms with Crippen LogP contribution in [-0.2, 0) is 11.8 Å². The fourth-order valence-electron chi connectivity index (χ4n) is 3.05. The zero-order valence-corrected chi connectivity index (χ0v) is 14.3. The molecule has 24 heavy (non-hydrogen) atoms. The molecule has 0 bridgehead atoms. The first-order chi connectivity index (χ1) is 11.6. The van der Waals surface area contributed by atoms with Gasteiger partial charge in [-0.2, -0.15) is 5.10 Å². The third kappa shape index (κ3) is 3.26. The van der Waals surface area contributed by atoms with Crippen LogP contribution in [0.4, 0.5) is 0 Å². The summed E-state index contributed by atoms with van der Waals surface area (Å²) in [6.07, 6.45) is 3.55. The first-order valence-electron chi connectivity index (χ1n) is 8.11. The van der Waals surface area contributed by atoms with Crippen LogP contribution in [0.2, 0.25) is 0 Å². The number of hydrogen-bond acceptors (Lipinski definition) is 5. The van der Waals surface area contributed by atoms with Gasteiger partial charge in [0.05, 0.1) is 11.7 Å². The highest BCUT2D eigenvalue weighted by molar-refractivity contribution is 5.78. The lowest BCUT2D eigenvalue weighted by Crippen LogP contribution is -2.50. The molecule has 7 nitrogen and oxygen atoms in total. The molecule has 1 atom stereocenters. The van der Waals surface area contributed by atoms with E-state index in [4.69, 9.17) is 4.74 Å². The molecule has 1 fully saturated rings. The van der Waals surface area contributed by atoms with Crippen molar-refractivity contribution in [3.8, 4) is 5.75 Å². The lowest BCUT2D eigenvalue weighted by molar-refractivity contribution is -0.136. The topological polar surface area (TPSA) is 72.3 Å². The second kappa shape index (κ2) is 7.00. The van der Waals surface area contributed by atoms with Crippen LogP contribution in [-0.4, -0.2) is 51.8 Å². The van der Waals surface area contributed by atoms with E-state index in [0.29, 0.717) is 12.3 Å². The van der Waals surface area contributed by atoms with Gasteiger partial charge in [-0.3, -0.25) is 14.5 Å². The largest absolute Gasteiger partial charge is 0.480 e. The number of nitrogens with zero attached hydrogens (tertiary/aromatic N) is 4. The SMILES string of the molecule is Cc1nn(C)c(C)c1OCC(=O)N1CCNCC1c1cccnc1. The first-order valence-corrected chi connectivity index (χ1v) is 8.11. The minimum absolute atomic E-state index is 0.0142. The summed E-state index contributed by atoms with van der Waals surface area (Å²) in [5.74, 6) is 0.673. The summed E-state index contributed by atoms with van der Waals surface area (Å²) in [7, 11) is 1.87. The van der Waals surface area contributed by atoms with Gasteiger partial charge in [0.25, 0.3) is 5.91 Å². The molecule has 0 aliphatic carbocycles. The van der Waals surface area contributed by atoms with E-state index in [0.717, 1.165) is 30.0 Å². The molecule has 1 N–H and O–H groups in total. The van der Waals surface area contributed by atoms with Crippen molar-refractivity contribution in [2.24, 2.45) is 7.05 Å². The molecule has 128 valence electrons. The van der Waals surface area contributed by atoms with E-state index >= 15 is 0 Å². The molecule has 0 aromatic carbocycles. The fourth-order valence-corrected chi connectivity index (χ4v) is 3.05. The van der Waals surface area contributed by atoms with Crippen molar-refractivity contribution in [2.75, 3.05) is 26.2 Å². The van der Waals surface area contributed by atoms with Crippen LogP contribution in [0.15, 0.2) is 24.5 Å². The van der Waals surface area contributed by atoms with Crippen molar-refractivity contribution in [1.82, 2.24) is 25.0 Å². The van der Waals surface area contributed by atoms with E-state index < -0.39 is 0 Å². The summed E-state index contributed by atoms with van der Waals surface area (Å²) < 4.78 is 7.54. The molecule has 3 heterocycles. The fraction of sp³-hybridized carbons (Fsp3) is 0.471. The van der Waals surface area contributed by atoms with Crippen molar-refractivity contribution < 1.29 is 9.53 Å². The molecule has 1 saturated heterocycles. The molecule has 7 heteroatoms. The molecular formula is C17H23N5O2. The zero-order valence-electron chi connectivity index (χ0n) is 14.3. The van der Waals surface area contributed by atoms with E-state index in [1.807, 2.05) is 44.1 Å². The van der Waals surface area contributed by atoms with Gasteiger partial charge < -0.3 is 15.0 Å². The molecule has 1 unspecified atom stereocenters. The van der Waals surface area contributed by atoms with Crippen LogP contribution in [0, 0.1) is 13.8 Å². The summed E-state index contributed by atoms with van der Waals surface area (Å²) in [5.41, 5.74) is 2.75. The Kier molecular flexibility index (Phi) is 4.80. The van der Waals surface area contributed by atoms with E-state index in [-0.39, 0.29) is 18.6 Å². The second-order valence-corrected chi connectivity index (χ2v) is 6.01. The number of piperazine rings is 1. The van der Waals surface area contributed by atoms with Gasteiger partial charge in [0, 0.05) is 39.1 Å². The Morgan fingerprint density at radius 1 is 1.46 bits per heavy atom. The number of nitrogens with one attached hydrogen (secondary N) is 1. The summed E-state index contributed by atoms with van der Waals surface area (Å²) in [4.78, 5) is 18.7. The number of aryl methyl sites for hydroxylation is 2. The van der Waals surface area contributed by atoms with Gasteiger partial charge in [0.15, 0.2) is 12.4 Å². The maximum Gasteiger partial charge on any atom is 0.261 e. The van der Waals surface area contributed by atoms with Crippen LogP contribution >= 0.6 is 0 Å². The number of ether oxygens (including phenoxy) is 1. The summed E-state index contributed by atoms with van der Waals surface area (Å²) in [6, 6.07) is 3.88. The highest BCUT2D eigenvalue weighted by Crippen LogP contribution is 2.24. The molecule has 0 spiro atoms. The predicted molar refractivity (Wildman–Crippen MR) is 89.7 cm³/mol. The van der Waals surface area contributed by atoms with Crippen molar-refractivity contribution in [2.45, 2.75) is 19.9 Å². The zero-order chi connectivity index (χ0) is 17.1. The van der Waals surface area contributed by atoms with Crippen molar-refractivity contribution in [3.05, 3.63) is 41.5 Å². The van der Waals surface area contributed by atoms with Gasteiger partial charge in [0.1, 0.15) is 5.69 Å². The molecule has 0 saturated carbocycles. The summed E-state index contributed by atoms with van der Waals surface area (Å²) >= 11 is 0. The predicted octanol–water partition coefficient (Wildman–Crippen LogP) is 0.984. The van der Waals surface area contributed by atoms with Crippen LogP contribution in [0.5, 0.6) is 5.75 Å². The average Bonchev–Trinajstić information content (AvgIpc) is 2.85. The Morgan fingerprint density at radius 2 is 2.29 bits per heavy atom. The highest BCUT2D eigenvalue weighted by Gasteiger charge is 2.28. The smallest absolute Gasteiger partial charge is 0.261 e. The summed E-state index contributed by atoms with van der Waals surface area (Å²) in [5, 5.41) is 7.65. The quantitative estimate of drug-likeness (QED) is 0.905. The molecule has 2 aromatic rings. The molecule has 2 aromatic heterocycles. The van der Waals surface area contributed by atoms with Crippen molar-refractivity contribution in [3.63, 3.8) is 0 Å². The number of amides is 1. The Morgan fingerprint density at radius 3 is 2.96 bits per heavy atom. The van der Waals surface area contributed by atoms with E-state index in [1.165, 1.54) is 0 Å². The number of rotatable bonds is 4. The van der Waals surface area contributed by atoms with Gasteiger partial charge in [-0.25, -0.2) is 0 Å². The maximum atomic E-state index is 12.7. The number of carbonyl (C=O) groups is 1. The minimum Gasteiger partial charge on any atom is -0.480 e. The molecule has 1 aliphatic rings. The van der Waals surface area contributed by atoms with Crippen LogP contribution in [0.25, 0.3) is 0 Å². The van der Waals surface area contributed by atoms with Gasteiger partial charge >= 0.3 is 0 Å². The van der Waals surface area contributed by atoms with Gasteiger partial charge in [0.2, 0.25) is 0 Å². The van der Waals surface area contributed by atoms with E-state index in [9.17, 15) is 4.79 Å². The van der Waals surface area contributed by atoms with Gasteiger partial charge in [-0.1, -0.05) is 6.07 Å². The Bertz CT molecular complexity index is 713. The first kappa shape index (κ1) is 16.4. The standard InChI is InChI=1S/C17H23N5O2/c1-12-17(13(2)21(3)20-12)24-11-16(23)22-8-7-19-10-15(22)14-5-4-6-18-9-14/h4-6,9,15,19H,7-8,10-11H2,1-3H3. The lowest BCUT2D eigenvalue weighted by atomic mass is 10.1. The molecule has 3 rings (SSSR count). The molecule has 1 aliphatic heterocycles. The minimum atomic E-state index is -0.0204. The Balaban J connectivity index is 1.70. The summed E-state index contributed by atoms with van der Waals surface area (Å²) in [6.45, 7) is 6.01. The lowest BCUT2D eigenvalue weighted by Gasteiger charge is -2.36. The molecule has 0 radical (unpaired) electrons. The van der Waals surface area contributed by atoms with Gasteiger partial charge in [-0.05, 0) is 25.5 Å². The molecular weight excluding hydrogens is 306 g/mol. The Hall–Kier alpha value is -2.41. The second-order valence-electron chi connectivity index (χ2n) is 6.01. The van der Waals surface area contributed by atoms with E-state index in [2.05, 4.69) is 15.4 Å². The van der Waals surface area contributed by atoms with E-state index in [1.54, 1.807) is 10.9 Å². The molecule has 1 amide bonds. The van der Waals surface area contributed by atoms with Gasteiger partial charge in [-0.15, -0.1) is 0 Å². The van der Waals surface area contributed by atoms with Crippen LogP contribution < -0.4 is 10.1 Å². The third-order valence-corrected chi connectivity index (χ3v) is 4.42. The Labute approximate surface area is 141 Å². The van der Waals surface area contributed by atoms with Crippen LogP contribution in [0.3, 0.4) is 0 Å². The normalized spacial score (nSPS) is 17.8. The van der Waals surface area contributed by atoms with Crippen molar-refractivity contribution in [1.29, 1.82) is 0 Å². The van der Waals surface area contributed by atoms with Crippen molar-refractivity contribution >= 4 is 5.91 Å². The monoisotopic (exact) mass is 329 g/mol. The highest BCUT2D eigenvalue weighted by atomic mass is 16.5. The maximum absolute atomic E-state index is 12.7. The number of pyridine rings is 1. The number of carbonyl (C=O) groups excluding carboxylic acids is 1.